The van der Waals surface area contributed by atoms with E-state index >= 15 is 0 Å². The maximum atomic E-state index is 11.5. The van der Waals surface area contributed by atoms with Crippen LogP contribution < -0.4 is 12.4 Å². The second-order valence-electron chi connectivity index (χ2n) is 4.76. The van der Waals surface area contributed by atoms with Crippen molar-refractivity contribution in [1.82, 2.24) is 4.57 Å². The third-order valence-electron chi connectivity index (χ3n) is 3.14. The molecule has 0 aliphatic carbocycles. The number of carbonyl (C=O) groups excluding carboxylic acids is 1. The van der Waals surface area contributed by atoms with Crippen molar-refractivity contribution < 1.29 is 21.9 Å². The predicted octanol–water partition coefficient (Wildman–Crippen LogP) is 1.10. The molecule has 1 atom stereocenters. The van der Waals surface area contributed by atoms with Crippen LogP contribution in [0.15, 0.2) is 30.3 Å². The number of allylic oxidation sites excluding steroid dienone is 1. The van der Waals surface area contributed by atoms with E-state index in [9.17, 15) is 4.79 Å². The lowest BCUT2D eigenvalue weighted by atomic mass is 10.1. The lowest BCUT2D eigenvalue weighted by Crippen LogP contribution is -3.00. The first-order valence-corrected chi connectivity index (χ1v) is 7.46. The van der Waals surface area contributed by atoms with Crippen molar-refractivity contribution in [1.29, 1.82) is 0 Å². The summed E-state index contributed by atoms with van der Waals surface area (Å²) in [6.45, 7) is 1.66. The number of hydrogen-bond acceptors (Lipinski definition) is 3. The average Bonchev–Trinajstić information content (AvgIpc) is 2.75. The molecule has 0 N–H and O–H groups in total. The highest BCUT2D eigenvalue weighted by molar-refractivity contribution is 7.19. The van der Waals surface area contributed by atoms with Crippen LogP contribution >= 0.6 is 22.9 Å². The SMILES string of the molecule is COC(=O)C(C)(Cl)CC=C[c+]1sc2ccccc2n1C.[Cl-]. The molecule has 0 spiro atoms. The van der Waals surface area contributed by atoms with Crippen molar-refractivity contribution in [3.63, 3.8) is 0 Å². The fourth-order valence-electron chi connectivity index (χ4n) is 1.94. The molecule has 1 aromatic heterocycles. The van der Waals surface area contributed by atoms with Crippen molar-refractivity contribution in [2.45, 2.75) is 18.2 Å². The summed E-state index contributed by atoms with van der Waals surface area (Å²) >= 11 is 7.85. The monoisotopic (exact) mass is 345 g/mol. The number of hydrogen-bond donors (Lipinski definition) is 0. The maximum Gasteiger partial charge on any atom is 0.327 e. The van der Waals surface area contributed by atoms with Gasteiger partial charge in [0.25, 0.3) is 0 Å². The Bertz CT molecular complexity index is 665. The molecule has 2 aromatic rings. The van der Waals surface area contributed by atoms with Crippen LogP contribution in [0.2, 0.25) is 0 Å². The van der Waals surface area contributed by atoms with E-state index in [0.29, 0.717) is 6.42 Å². The molecule has 0 fully saturated rings. The number of alkyl halides is 1. The lowest BCUT2D eigenvalue weighted by Gasteiger charge is -2.15. The number of halogens is 2. The molecule has 1 heterocycles. The van der Waals surface area contributed by atoms with Crippen LogP contribution in [0.4, 0.5) is 0 Å². The number of ether oxygens (including phenoxy) is 1. The van der Waals surface area contributed by atoms with E-state index in [-0.39, 0.29) is 12.4 Å². The molecule has 1 unspecified atom stereocenters. The number of benzene rings is 1. The predicted molar refractivity (Wildman–Crippen MR) is 85.1 cm³/mol. The van der Waals surface area contributed by atoms with E-state index in [4.69, 9.17) is 11.6 Å². The second-order valence-corrected chi connectivity index (χ2v) is 6.66. The molecule has 0 radical (unpaired) electrons. The number of aryl methyl sites for hydroxylation is 1. The van der Waals surface area contributed by atoms with Gasteiger partial charge < -0.3 is 17.1 Å². The molecule has 21 heavy (non-hydrogen) atoms. The summed E-state index contributed by atoms with van der Waals surface area (Å²) < 4.78 is 8.04. The van der Waals surface area contributed by atoms with E-state index in [1.54, 1.807) is 18.3 Å². The van der Waals surface area contributed by atoms with Crippen LogP contribution in [0.1, 0.15) is 18.4 Å². The molecule has 0 aliphatic heterocycles. The quantitative estimate of drug-likeness (QED) is 0.472. The van der Waals surface area contributed by atoms with Crippen molar-refractivity contribution in [3.8, 4) is 0 Å². The molecule has 1 aromatic carbocycles. The van der Waals surface area contributed by atoms with Crippen LogP contribution in [0.3, 0.4) is 0 Å². The Morgan fingerprint density at radius 3 is 2.81 bits per heavy atom. The highest BCUT2D eigenvalue weighted by atomic mass is 35.5. The summed E-state index contributed by atoms with van der Waals surface area (Å²) in [5.74, 6) is -0.412. The van der Waals surface area contributed by atoms with Gasteiger partial charge in [-0.15, -0.1) is 11.6 Å². The fourth-order valence-corrected chi connectivity index (χ4v) is 3.19. The highest BCUT2D eigenvalue weighted by Crippen LogP contribution is 2.27. The van der Waals surface area contributed by atoms with Gasteiger partial charge in [0.05, 0.1) is 13.2 Å². The summed E-state index contributed by atoms with van der Waals surface area (Å²) in [5.41, 5.74) is 1.19. The number of carbonyl (C=O) groups is 1. The van der Waals surface area contributed by atoms with Gasteiger partial charge >= 0.3 is 5.97 Å². The van der Waals surface area contributed by atoms with Gasteiger partial charge in [0.1, 0.15) is 0 Å². The summed E-state index contributed by atoms with van der Waals surface area (Å²) in [4.78, 5) is 10.5. The molecule has 114 valence electrons. The molecule has 2 rings (SSSR count). The zero-order valence-corrected chi connectivity index (χ0v) is 14.4. The molecule has 0 bridgehead atoms. The van der Waals surface area contributed by atoms with E-state index in [1.165, 1.54) is 17.3 Å². The number of methoxy groups -OCH3 is 1. The maximum absolute atomic E-state index is 11.5. The van der Waals surface area contributed by atoms with Gasteiger partial charge in [-0.2, -0.15) is 0 Å². The van der Waals surface area contributed by atoms with Crippen LogP contribution in [0.25, 0.3) is 16.3 Å². The number of aromatic nitrogens is 1. The minimum absolute atomic E-state index is 0. The summed E-state index contributed by atoms with van der Waals surface area (Å²) in [7, 11) is 3.37. The smallest absolute Gasteiger partial charge is 0.327 e. The van der Waals surface area contributed by atoms with Crippen LogP contribution in [0.5, 0.6) is 0 Å². The number of nitrogens with zero attached hydrogens (tertiary/aromatic N) is 1. The molecular formula is C15H17Cl2NO2S. The van der Waals surface area contributed by atoms with Crippen LogP contribution in [-0.4, -0.2) is 22.5 Å². The summed E-state index contributed by atoms with van der Waals surface area (Å²) in [6.07, 6.45) is 4.33. The Morgan fingerprint density at radius 1 is 1.52 bits per heavy atom. The van der Waals surface area contributed by atoms with E-state index < -0.39 is 10.8 Å². The number of esters is 1. The standard InChI is InChI=1S/C15H17ClNO2S.ClH/c1-15(16,14(18)19-3)10-6-9-13-17(2)11-7-4-5-8-12(11)20-13;/h4-9H,10H2,1-3H3;1H/q+1;/p-1. The number of rotatable bonds is 4. The van der Waals surface area contributed by atoms with Crippen molar-refractivity contribution in [3.05, 3.63) is 35.3 Å². The Hall–Kier alpha value is -1.10. The fraction of sp³-hybridized carbons (Fsp3) is 0.333. The van der Waals surface area contributed by atoms with Gasteiger partial charge in [-0.25, -0.2) is 4.57 Å². The molecule has 0 saturated heterocycles. The summed E-state index contributed by atoms with van der Waals surface area (Å²) in [6, 6.07) is 8.23. The zero-order valence-electron chi connectivity index (χ0n) is 12.1. The minimum Gasteiger partial charge on any atom is -1.00 e. The Balaban J connectivity index is 0.00000220. The first kappa shape index (κ1) is 18.0. The van der Waals surface area contributed by atoms with Crippen molar-refractivity contribution in [2.75, 3.05) is 7.11 Å². The second kappa shape index (κ2) is 7.25. The molecule has 0 saturated carbocycles. The first-order valence-electron chi connectivity index (χ1n) is 6.27. The average molecular weight is 346 g/mol. The van der Waals surface area contributed by atoms with Gasteiger partial charge in [0.2, 0.25) is 0 Å². The molecule has 0 aliphatic rings. The van der Waals surface area contributed by atoms with E-state index in [0.717, 1.165) is 5.01 Å². The van der Waals surface area contributed by atoms with Crippen molar-refractivity contribution in [2.24, 2.45) is 7.05 Å². The zero-order chi connectivity index (χ0) is 14.8. The molecule has 0 amide bonds. The molecular weight excluding hydrogens is 329 g/mol. The number of para-hydroxylation sites is 1. The van der Waals surface area contributed by atoms with Gasteiger partial charge in [0, 0.05) is 25.6 Å². The third-order valence-corrected chi connectivity index (χ3v) is 4.64. The minimum atomic E-state index is -1.01. The topological polar surface area (TPSA) is 31.2 Å². The van der Waals surface area contributed by atoms with Crippen LogP contribution in [0, 0.1) is 0 Å². The third kappa shape index (κ3) is 3.96. The van der Waals surface area contributed by atoms with Gasteiger partial charge in [0.15, 0.2) is 20.1 Å². The Morgan fingerprint density at radius 2 is 2.19 bits per heavy atom. The summed E-state index contributed by atoms with van der Waals surface area (Å²) in [5, 5.41) is 1.11. The number of thiazole rings is 1. The molecule has 6 heteroatoms. The molecule has 3 nitrogen and oxygen atoms in total. The largest absolute Gasteiger partial charge is 1.00 e. The lowest BCUT2D eigenvalue weighted by molar-refractivity contribution is -0.143. The Kier molecular flexibility index (Phi) is 6.20. The van der Waals surface area contributed by atoms with Gasteiger partial charge in [-0.05, 0) is 36.5 Å². The van der Waals surface area contributed by atoms with E-state index in [2.05, 4.69) is 21.4 Å². The first-order chi connectivity index (χ1) is 9.45. The van der Waals surface area contributed by atoms with E-state index in [1.807, 2.05) is 31.3 Å². The highest BCUT2D eigenvalue weighted by Gasteiger charge is 2.31. The van der Waals surface area contributed by atoms with Crippen molar-refractivity contribution >= 4 is 45.2 Å². The number of fused-ring (bicyclic) bond motifs is 1. The van der Waals surface area contributed by atoms with Crippen LogP contribution in [-0.2, 0) is 16.6 Å². The normalized spacial score (nSPS) is 13.9. The van der Waals surface area contributed by atoms with Gasteiger partial charge in [-0.3, -0.25) is 4.79 Å². The van der Waals surface area contributed by atoms with Gasteiger partial charge in [-0.1, -0.05) is 0 Å². The Labute approximate surface area is 139 Å².